The lowest BCUT2D eigenvalue weighted by Gasteiger charge is -2.17. The summed E-state index contributed by atoms with van der Waals surface area (Å²) in [6.07, 6.45) is 2.55. The Kier molecular flexibility index (Phi) is 4.88. The Morgan fingerprint density at radius 1 is 1.17 bits per heavy atom. The van der Waals surface area contributed by atoms with Gasteiger partial charge in [-0.05, 0) is 36.2 Å². The van der Waals surface area contributed by atoms with E-state index in [4.69, 9.17) is 11.6 Å². The molecule has 30 heavy (non-hydrogen) atoms. The zero-order valence-corrected chi connectivity index (χ0v) is 17.3. The highest BCUT2D eigenvalue weighted by Crippen LogP contribution is 2.27. The summed E-state index contributed by atoms with van der Waals surface area (Å²) in [6.45, 7) is 1.13. The third kappa shape index (κ3) is 3.76. The molecule has 1 unspecified atom stereocenters. The first-order valence-corrected chi connectivity index (χ1v) is 10.7. The molecule has 2 aromatic heterocycles. The summed E-state index contributed by atoms with van der Waals surface area (Å²) in [5, 5.41) is 9.09. The number of carbonyl (C=O) groups is 1. The fourth-order valence-electron chi connectivity index (χ4n) is 3.51. The van der Waals surface area contributed by atoms with E-state index in [1.165, 1.54) is 23.5 Å². The highest BCUT2D eigenvalue weighted by atomic mass is 35.5. The quantitative estimate of drug-likeness (QED) is 0.496. The summed E-state index contributed by atoms with van der Waals surface area (Å²) >= 11 is 7.34. The number of rotatable bonds is 5. The molecule has 4 aromatic rings. The first kappa shape index (κ1) is 19.0. The first-order valence-electron chi connectivity index (χ1n) is 9.47. The maximum absolute atomic E-state index is 13.1. The predicted molar refractivity (Wildman–Crippen MR) is 115 cm³/mol. The van der Waals surface area contributed by atoms with Crippen molar-refractivity contribution >= 4 is 38.9 Å². The van der Waals surface area contributed by atoms with Gasteiger partial charge in [0.25, 0.3) is 0 Å². The zero-order chi connectivity index (χ0) is 20.7. The van der Waals surface area contributed by atoms with Gasteiger partial charge in [0.1, 0.15) is 11.9 Å². The number of carbonyl (C=O) groups excluding carboxylic acids is 1. The van der Waals surface area contributed by atoms with E-state index >= 15 is 0 Å². The normalized spacial score (nSPS) is 16.5. The second-order valence-electron chi connectivity index (χ2n) is 7.14. The van der Waals surface area contributed by atoms with Gasteiger partial charge in [0.2, 0.25) is 16.0 Å². The number of aromatic nitrogens is 3. The van der Waals surface area contributed by atoms with Crippen molar-refractivity contribution in [3.05, 3.63) is 71.1 Å². The van der Waals surface area contributed by atoms with Gasteiger partial charge in [-0.1, -0.05) is 47.2 Å². The Hall–Kier alpha value is -2.97. The highest BCUT2D eigenvalue weighted by molar-refractivity contribution is 7.20. The van der Waals surface area contributed by atoms with Crippen LogP contribution in [0.2, 0.25) is 5.02 Å². The largest absolute Gasteiger partial charge is 0.348 e. The maximum atomic E-state index is 13.1. The Bertz CT molecular complexity index is 1170. The molecule has 1 fully saturated rings. The summed E-state index contributed by atoms with van der Waals surface area (Å²) in [5.41, 5.74) is 2.70. The number of halogens is 2. The minimum atomic E-state index is -0.322. The van der Waals surface area contributed by atoms with Crippen LogP contribution in [0.3, 0.4) is 0 Å². The molecule has 1 aliphatic heterocycles. The van der Waals surface area contributed by atoms with Crippen molar-refractivity contribution in [3.63, 3.8) is 0 Å². The van der Waals surface area contributed by atoms with Crippen LogP contribution in [-0.2, 0) is 11.3 Å². The molecule has 0 aliphatic carbocycles. The van der Waals surface area contributed by atoms with Crippen LogP contribution >= 0.6 is 22.9 Å². The van der Waals surface area contributed by atoms with Gasteiger partial charge in [-0.25, -0.2) is 13.9 Å². The van der Waals surface area contributed by atoms with Crippen LogP contribution in [0.15, 0.2) is 54.7 Å². The number of benzene rings is 2. The van der Waals surface area contributed by atoms with Crippen molar-refractivity contribution in [1.82, 2.24) is 19.5 Å². The Morgan fingerprint density at radius 2 is 1.93 bits per heavy atom. The minimum Gasteiger partial charge on any atom is -0.348 e. The van der Waals surface area contributed by atoms with E-state index in [1.54, 1.807) is 21.5 Å². The van der Waals surface area contributed by atoms with Crippen molar-refractivity contribution in [1.29, 1.82) is 0 Å². The number of likely N-dealkylation sites (tertiary alicyclic amines) is 1. The molecule has 3 heterocycles. The Morgan fingerprint density at radius 3 is 2.67 bits per heavy atom. The van der Waals surface area contributed by atoms with Crippen LogP contribution < -0.4 is 5.32 Å². The van der Waals surface area contributed by atoms with Gasteiger partial charge in [0.05, 0.1) is 11.9 Å². The average molecular weight is 442 g/mol. The highest BCUT2D eigenvalue weighted by Gasteiger charge is 2.32. The lowest BCUT2D eigenvalue weighted by atomic mass is 10.2. The number of amides is 1. The van der Waals surface area contributed by atoms with Crippen molar-refractivity contribution in [3.8, 4) is 11.3 Å². The Balaban J connectivity index is 1.26. The fraction of sp³-hybridized carbons (Fsp3) is 0.190. The third-order valence-corrected chi connectivity index (χ3v) is 6.17. The molecule has 0 bridgehead atoms. The monoisotopic (exact) mass is 441 g/mol. The van der Waals surface area contributed by atoms with Gasteiger partial charge in [-0.15, -0.1) is 5.10 Å². The number of anilines is 1. The summed E-state index contributed by atoms with van der Waals surface area (Å²) in [5.74, 6) is -0.256. The van der Waals surface area contributed by atoms with Crippen LogP contribution in [-0.4, -0.2) is 38.0 Å². The maximum Gasteiger partial charge on any atom is 0.245 e. The van der Waals surface area contributed by atoms with Crippen LogP contribution in [0.4, 0.5) is 9.52 Å². The van der Waals surface area contributed by atoms with E-state index in [0.717, 1.165) is 21.8 Å². The third-order valence-electron chi connectivity index (χ3n) is 5.07. The van der Waals surface area contributed by atoms with E-state index in [9.17, 15) is 9.18 Å². The summed E-state index contributed by atoms with van der Waals surface area (Å²) < 4.78 is 14.8. The number of nitrogens with zero attached hydrogens (tertiary/aromatic N) is 4. The van der Waals surface area contributed by atoms with Gasteiger partial charge in [0, 0.05) is 23.7 Å². The number of fused-ring (bicyclic) bond motifs is 1. The van der Waals surface area contributed by atoms with E-state index in [2.05, 4.69) is 15.4 Å². The molecule has 1 atom stereocenters. The molecule has 5 rings (SSSR count). The van der Waals surface area contributed by atoms with Gasteiger partial charge >= 0.3 is 0 Å². The van der Waals surface area contributed by atoms with Crippen molar-refractivity contribution in [2.45, 2.75) is 19.0 Å². The SMILES string of the molecule is O=C1C(Nc2nn3cc(-c4ccc(Cl)cc4)nc3s2)CCN1Cc1ccc(F)cc1. The standard InChI is InChI=1S/C21H17ClFN5OS/c22-15-5-3-14(4-6-15)18-12-28-21(25-18)30-20(26-28)24-17-9-10-27(19(17)29)11-13-1-7-16(23)8-2-13/h1-8,12,17H,9-11H2,(H,24,26). The van der Waals surface area contributed by atoms with Crippen molar-refractivity contribution in [2.75, 3.05) is 11.9 Å². The summed E-state index contributed by atoms with van der Waals surface area (Å²) in [6, 6.07) is 13.4. The number of hydrogen-bond acceptors (Lipinski definition) is 5. The van der Waals surface area contributed by atoms with Crippen LogP contribution in [0, 0.1) is 5.82 Å². The first-order chi connectivity index (χ1) is 14.5. The molecule has 152 valence electrons. The van der Waals surface area contributed by atoms with E-state index in [0.29, 0.717) is 29.7 Å². The minimum absolute atomic E-state index is 0.0222. The molecule has 0 saturated carbocycles. The molecule has 9 heteroatoms. The van der Waals surface area contributed by atoms with Gasteiger partial charge in [-0.3, -0.25) is 4.79 Å². The second-order valence-corrected chi connectivity index (χ2v) is 8.53. The van der Waals surface area contributed by atoms with Crippen LogP contribution in [0.5, 0.6) is 0 Å². The smallest absolute Gasteiger partial charge is 0.245 e. The summed E-state index contributed by atoms with van der Waals surface area (Å²) in [4.78, 5) is 19.9. The number of hydrogen-bond donors (Lipinski definition) is 1. The molecule has 0 radical (unpaired) electrons. The van der Waals surface area contributed by atoms with Crippen LogP contribution in [0.1, 0.15) is 12.0 Å². The zero-order valence-electron chi connectivity index (χ0n) is 15.8. The molecular formula is C21H17ClFN5OS. The fourth-order valence-corrected chi connectivity index (χ4v) is 4.47. The van der Waals surface area contributed by atoms with E-state index < -0.39 is 0 Å². The average Bonchev–Trinajstić information content (AvgIpc) is 3.39. The van der Waals surface area contributed by atoms with Crippen LogP contribution in [0.25, 0.3) is 16.2 Å². The molecule has 6 nitrogen and oxygen atoms in total. The van der Waals surface area contributed by atoms with Gasteiger partial charge in [0.15, 0.2) is 0 Å². The molecule has 2 aromatic carbocycles. The van der Waals surface area contributed by atoms with Crippen molar-refractivity contribution < 1.29 is 9.18 Å². The summed E-state index contributed by atoms with van der Waals surface area (Å²) in [7, 11) is 0. The molecular weight excluding hydrogens is 425 g/mol. The molecule has 1 saturated heterocycles. The van der Waals surface area contributed by atoms with Gasteiger partial charge in [-0.2, -0.15) is 0 Å². The number of nitrogens with one attached hydrogen (secondary N) is 1. The molecule has 1 N–H and O–H groups in total. The molecule has 1 amide bonds. The second kappa shape index (κ2) is 7.70. The lowest BCUT2D eigenvalue weighted by molar-refractivity contribution is -0.128. The number of imidazole rings is 1. The molecule has 1 aliphatic rings. The molecule has 0 spiro atoms. The van der Waals surface area contributed by atoms with E-state index in [1.807, 2.05) is 30.5 Å². The van der Waals surface area contributed by atoms with Gasteiger partial charge < -0.3 is 10.2 Å². The van der Waals surface area contributed by atoms with E-state index in [-0.39, 0.29) is 17.8 Å². The topological polar surface area (TPSA) is 62.5 Å². The predicted octanol–water partition coefficient (Wildman–Crippen LogP) is 4.46. The lowest BCUT2D eigenvalue weighted by Crippen LogP contribution is -2.33. The Labute approximate surface area is 180 Å². The van der Waals surface area contributed by atoms with Crippen molar-refractivity contribution in [2.24, 2.45) is 0 Å².